The van der Waals surface area contributed by atoms with E-state index < -0.39 is 0 Å². The van der Waals surface area contributed by atoms with Crippen molar-refractivity contribution in [2.75, 3.05) is 0 Å². The number of piperidine rings is 1. The Morgan fingerprint density at radius 2 is 1.70 bits per heavy atom. The van der Waals surface area contributed by atoms with E-state index in [2.05, 4.69) is 26.1 Å². The molecule has 0 amide bonds. The quantitative estimate of drug-likeness (QED) is 0.590. The minimum Gasteiger partial charge on any atom is -0.312 e. The minimum atomic E-state index is 0.744. The highest BCUT2D eigenvalue weighted by atomic mass is 14.9. The lowest BCUT2D eigenvalue weighted by Gasteiger charge is -2.32. The largest absolute Gasteiger partial charge is 0.312 e. The predicted octanol–water partition coefficient (Wildman–Crippen LogP) is 2.17. The first kappa shape index (κ1) is 8.06. The molecule has 2 unspecified atom stereocenters. The van der Waals surface area contributed by atoms with Crippen molar-refractivity contribution in [3.63, 3.8) is 0 Å². The molecule has 1 aliphatic rings. The molecule has 1 saturated heterocycles. The third-order valence-corrected chi connectivity index (χ3v) is 2.52. The summed E-state index contributed by atoms with van der Waals surface area (Å²) in [6, 6.07) is 1.49. The first-order chi connectivity index (χ1) is 4.72. The average molecular weight is 141 g/mol. The van der Waals surface area contributed by atoms with E-state index in [1.807, 2.05) is 0 Å². The van der Waals surface area contributed by atoms with Gasteiger partial charge in [-0.1, -0.05) is 13.3 Å². The lowest BCUT2D eigenvalue weighted by atomic mass is 9.87. The second-order valence-electron chi connectivity index (χ2n) is 3.71. The van der Waals surface area contributed by atoms with Gasteiger partial charge in [-0.25, -0.2) is 0 Å². The van der Waals surface area contributed by atoms with Crippen molar-refractivity contribution < 1.29 is 0 Å². The standard InChI is InChI=1S/C9H19N/c1-4-9-5-7(2)10-8(3)6-9/h7-10H,4-6H2,1-3H3. The molecule has 10 heavy (non-hydrogen) atoms. The Hall–Kier alpha value is -0.0400. The van der Waals surface area contributed by atoms with Crippen LogP contribution in [0.15, 0.2) is 0 Å². The van der Waals surface area contributed by atoms with E-state index in [-0.39, 0.29) is 0 Å². The zero-order valence-electron chi connectivity index (χ0n) is 7.35. The fourth-order valence-electron chi connectivity index (χ4n) is 2.05. The Bertz CT molecular complexity index is 90.9. The van der Waals surface area contributed by atoms with Gasteiger partial charge in [-0.05, 0) is 32.6 Å². The van der Waals surface area contributed by atoms with Crippen LogP contribution in [0.3, 0.4) is 0 Å². The van der Waals surface area contributed by atoms with Crippen LogP contribution >= 0.6 is 0 Å². The van der Waals surface area contributed by atoms with Crippen LogP contribution in [0.5, 0.6) is 0 Å². The van der Waals surface area contributed by atoms with Crippen LogP contribution in [-0.4, -0.2) is 12.1 Å². The molecule has 1 rings (SSSR count). The van der Waals surface area contributed by atoms with Gasteiger partial charge in [0.25, 0.3) is 0 Å². The average Bonchev–Trinajstić information content (AvgIpc) is 1.85. The van der Waals surface area contributed by atoms with Gasteiger partial charge in [0.1, 0.15) is 0 Å². The molecular formula is C9H19N. The first-order valence-corrected chi connectivity index (χ1v) is 4.48. The second-order valence-corrected chi connectivity index (χ2v) is 3.71. The summed E-state index contributed by atoms with van der Waals surface area (Å²) in [6.45, 7) is 6.88. The van der Waals surface area contributed by atoms with Gasteiger partial charge in [0.2, 0.25) is 0 Å². The molecule has 1 N–H and O–H groups in total. The molecule has 0 aromatic carbocycles. The van der Waals surface area contributed by atoms with E-state index in [1.165, 1.54) is 19.3 Å². The van der Waals surface area contributed by atoms with Crippen molar-refractivity contribution in [2.45, 2.75) is 52.1 Å². The molecule has 0 aromatic rings. The molecule has 1 fully saturated rings. The maximum absolute atomic E-state index is 3.54. The second kappa shape index (κ2) is 3.38. The highest BCUT2D eigenvalue weighted by Gasteiger charge is 2.20. The number of hydrogen-bond donors (Lipinski definition) is 1. The van der Waals surface area contributed by atoms with Gasteiger partial charge in [0.05, 0.1) is 0 Å². The SMILES string of the molecule is CCC1CC(C)NC(C)C1. The summed E-state index contributed by atoms with van der Waals surface area (Å²) in [5.41, 5.74) is 0. The van der Waals surface area contributed by atoms with Crippen molar-refractivity contribution in [3.8, 4) is 0 Å². The van der Waals surface area contributed by atoms with E-state index >= 15 is 0 Å². The Labute approximate surface area is 64.2 Å². The maximum Gasteiger partial charge on any atom is 0.00438 e. The van der Waals surface area contributed by atoms with Crippen LogP contribution in [-0.2, 0) is 0 Å². The molecule has 1 heterocycles. The van der Waals surface area contributed by atoms with Crippen LogP contribution in [0.2, 0.25) is 0 Å². The smallest absolute Gasteiger partial charge is 0.00438 e. The minimum absolute atomic E-state index is 0.744. The normalized spacial score (nSPS) is 41.7. The fourth-order valence-corrected chi connectivity index (χ4v) is 2.05. The summed E-state index contributed by atoms with van der Waals surface area (Å²) >= 11 is 0. The fraction of sp³-hybridized carbons (Fsp3) is 1.00. The molecule has 2 atom stereocenters. The molecule has 0 spiro atoms. The van der Waals surface area contributed by atoms with Crippen molar-refractivity contribution in [3.05, 3.63) is 0 Å². The molecule has 0 aromatic heterocycles. The molecule has 1 heteroatoms. The Balaban J connectivity index is 2.35. The molecular weight excluding hydrogens is 122 g/mol. The van der Waals surface area contributed by atoms with Gasteiger partial charge in [0.15, 0.2) is 0 Å². The highest BCUT2D eigenvalue weighted by molar-refractivity contribution is 4.79. The maximum atomic E-state index is 3.54. The zero-order chi connectivity index (χ0) is 7.56. The van der Waals surface area contributed by atoms with Crippen LogP contribution in [0.25, 0.3) is 0 Å². The third-order valence-electron chi connectivity index (χ3n) is 2.52. The summed E-state index contributed by atoms with van der Waals surface area (Å²) in [5.74, 6) is 0.978. The molecule has 0 aliphatic carbocycles. The van der Waals surface area contributed by atoms with Gasteiger partial charge in [0, 0.05) is 12.1 Å². The van der Waals surface area contributed by atoms with Crippen molar-refractivity contribution in [1.82, 2.24) is 5.32 Å². The molecule has 0 saturated carbocycles. The van der Waals surface area contributed by atoms with Gasteiger partial charge in [-0.3, -0.25) is 0 Å². The van der Waals surface area contributed by atoms with E-state index in [0.717, 1.165) is 18.0 Å². The number of rotatable bonds is 1. The Morgan fingerprint density at radius 3 is 2.10 bits per heavy atom. The van der Waals surface area contributed by atoms with Gasteiger partial charge >= 0.3 is 0 Å². The van der Waals surface area contributed by atoms with Gasteiger partial charge in [-0.15, -0.1) is 0 Å². The summed E-state index contributed by atoms with van der Waals surface area (Å²) < 4.78 is 0. The molecule has 1 nitrogen and oxygen atoms in total. The van der Waals surface area contributed by atoms with Crippen LogP contribution < -0.4 is 5.32 Å². The van der Waals surface area contributed by atoms with Crippen LogP contribution in [0, 0.1) is 5.92 Å². The molecule has 0 radical (unpaired) electrons. The third kappa shape index (κ3) is 1.98. The highest BCUT2D eigenvalue weighted by Crippen LogP contribution is 2.22. The van der Waals surface area contributed by atoms with E-state index in [4.69, 9.17) is 0 Å². The molecule has 60 valence electrons. The molecule has 0 bridgehead atoms. The lowest BCUT2D eigenvalue weighted by molar-refractivity contribution is 0.258. The van der Waals surface area contributed by atoms with Crippen LogP contribution in [0.4, 0.5) is 0 Å². The van der Waals surface area contributed by atoms with E-state index in [9.17, 15) is 0 Å². The van der Waals surface area contributed by atoms with Crippen LogP contribution in [0.1, 0.15) is 40.0 Å². The zero-order valence-corrected chi connectivity index (χ0v) is 7.35. The molecule has 1 aliphatic heterocycles. The lowest BCUT2D eigenvalue weighted by Crippen LogP contribution is -2.42. The van der Waals surface area contributed by atoms with Crippen molar-refractivity contribution >= 4 is 0 Å². The van der Waals surface area contributed by atoms with Gasteiger partial charge in [-0.2, -0.15) is 0 Å². The summed E-state index contributed by atoms with van der Waals surface area (Å²) in [5, 5.41) is 3.54. The number of nitrogens with one attached hydrogen (secondary N) is 1. The number of hydrogen-bond acceptors (Lipinski definition) is 1. The van der Waals surface area contributed by atoms with E-state index in [0.29, 0.717) is 0 Å². The topological polar surface area (TPSA) is 12.0 Å². The Kier molecular flexibility index (Phi) is 2.72. The van der Waals surface area contributed by atoms with Gasteiger partial charge < -0.3 is 5.32 Å². The predicted molar refractivity (Wildman–Crippen MR) is 45.1 cm³/mol. The summed E-state index contributed by atoms with van der Waals surface area (Å²) in [7, 11) is 0. The summed E-state index contributed by atoms with van der Waals surface area (Å²) in [6.07, 6.45) is 4.11. The van der Waals surface area contributed by atoms with Crippen molar-refractivity contribution in [1.29, 1.82) is 0 Å². The first-order valence-electron chi connectivity index (χ1n) is 4.48. The Morgan fingerprint density at radius 1 is 1.20 bits per heavy atom. The summed E-state index contributed by atoms with van der Waals surface area (Å²) in [4.78, 5) is 0. The van der Waals surface area contributed by atoms with E-state index in [1.54, 1.807) is 0 Å². The van der Waals surface area contributed by atoms with Crippen molar-refractivity contribution in [2.24, 2.45) is 5.92 Å². The monoisotopic (exact) mass is 141 g/mol.